The van der Waals surface area contributed by atoms with Crippen molar-refractivity contribution in [3.8, 4) is 16.1 Å². The highest BCUT2D eigenvalue weighted by Crippen LogP contribution is 2.40. The van der Waals surface area contributed by atoms with Crippen LogP contribution in [-0.4, -0.2) is 52.8 Å². The van der Waals surface area contributed by atoms with Crippen molar-refractivity contribution < 1.29 is 14.3 Å². The molecule has 178 valence electrons. The zero-order chi connectivity index (χ0) is 24.2. The van der Waals surface area contributed by atoms with Crippen LogP contribution in [0.5, 0.6) is 0 Å². The Morgan fingerprint density at radius 3 is 2.43 bits per heavy atom. The standard InChI is InChI=1S/C27H26N4O3S/c1-19-24(27(33)30-12-14-34-15-13-30)26(35-25(19)21-8-4-2-5-9-21)29-23(32)16-20-17-28-31(18-20)22-10-6-3-7-11-22/h2-11,17-18H,12-16H2,1H3,(H,29,32). The maximum Gasteiger partial charge on any atom is 0.257 e. The number of hydrogen-bond donors (Lipinski definition) is 1. The van der Waals surface area contributed by atoms with Crippen LogP contribution in [-0.2, 0) is 16.0 Å². The van der Waals surface area contributed by atoms with Gasteiger partial charge in [-0.3, -0.25) is 9.59 Å². The van der Waals surface area contributed by atoms with Gasteiger partial charge in [0, 0.05) is 24.2 Å². The molecule has 2 amide bonds. The Balaban J connectivity index is 1.40. The SMILES string of the molecule is Cc1c(-c2ccccc2)sc(NC(=O)Cc2cnn(-c3ccccc3)c2)c1C(=O)N1CCOCC1. The lowest BCUT2D eigenvalue weighted by molar-refractivity contribution is -0.115. The Labute approximate surface area is 208 Å². The van der Waals surface area contributed by atoms with E-state index in [0.717, 1.165) is 27.3 Å². The van der Waals surface area contributed by atoms with E-state index in [4.69, 9.17) is 4.74 Å². The number of morpholine rings is 1. The molecule has 1 N–H and O–H groups in total. The van der Waals surface area contributed by atoms with Crippen LogP contribution in [0.2, 0.25) is 0 Å². The van der Waals surface area contributed by atoms with Crippen LogP contribution in [0.4, 0.5) is 5.00 Å². The number of aromatic nitrogens is 2. The van der Waals surface area contributed by atoms with Crippen molar-refractivity contribution in [3.63, 3.8) is 0 Å². The molecule has 2 aromatic carbocycles. The lowest BCUT2D eigenvalue weighted by atomic mass is 10.1. The van der Waals surface area contributed by atoms with Crippen molar-refractivity contribution in [3.05, 3.63) is 89.7 Å². The Kier molecular flexibility index (Phi) is 6.74. The molecule has 4 aromatic rings. The van der Waals surface area contributed by atoms with Crippen LogP contribution < -0.4 is 5.32 Å². The summed E-state index contributed by atoms with van der Waals surface area (Å²) in [6, 6.07) is 19.7. The Bertz CT molecular complexity index is 1330. The molecular weight excluding hydrogens is 460 g/mol. The normalized spacial score (nSPS) is 13.6. The molecule has 7 nitrogen and oxygen atoms in total. The molecule has 0 radical (unpaired) electrons. The minimum atomic E-state index is -0.186. The molecule has 0 atom stereocenters. The number of para-hydroxylation sites is 1. The van der Waals surface area contributed by atoms with Crippen LogP contribution in [0.25, 0.3) is 16.1 Å². The third kappa shape index (κ3) is 5.03. The molecule has 2 aromatic heterocycles. The molecule has 0 saturated carbocycles. The minimum Gasteiger partial charge on any atom is -0.378 e. The number of amides is 2. The van der Waals surface area contributed by atoms with Gasteiger partial charge in [0.05, 0.1) is 37.1 Å². The molecule has 0 bridgehead atoms. The molecule has 0 unspecified atom stereocenters. The maximum absolute atomic E-state index is 13.5. The predicted octanol–water partition coefficient (Wildman–Crippen LogP) is 4.56. The largest absolute Gasteiger partial charge is 0.378 e. The van der Waals surface area contributed by atoms with Crippen molar-refractivity contribution >= 4 is 28.2 Å². The van der Waals surface area contributed by atoms with Crippen molar-refractivity contribution in [1.82, 2.24) is 14.7 Å². The van der Waals surface area contributed by atoms with Gasteiger partial charge in [0.25, 0.3) is 5.91 Å². The monoisotopic (exact) mass is 486 g/mol. The summed E-state index contributed by atoms with van der Waals surface area (Å²) in [5.74, 6) is -0.258. The summed E-state index contributed by atoms with van der Waals surface area (Å²) < 4.78 is 7.17. The number of carbonyl (C=O) groups is 2. The second-order valence-electron chi connectivity index (χ2n) is 8.38. The van der Waals surface area contributed by atoms with Gasteiger partial charge in [-0.25, -0.2) is 4.68 Å². The fourth-order valence-corrected chi connectivity index (χ4v) is 5.40. The summed E-state index contributed by atoms with van der Waals surface area (Å²) in [5, 5.41) is 7.98. The van der Waals surface area contributed by atoms with E-state index in [1.165, 1.54) is 11.3 Å². The fourth-order valence-electron chi connectivity index (χ4n) is 4.18. The Hall–Kier alpha value is -3.75. The lowest BCUT2D eigenvalue weighted by Crippen LogP contribution is -2.41. The maximum atomic E-state index is 13.5. The number of rotatable bonds is 6. The van der Waals surface area contributed by atoms with Gasteiger partial charge in [-0.05, 0) is 35.7 Å². The number of thiophene rings is 1. The molecule has 5 rings (SSSR count). The first-order valence-electron chi connectivity index (χ1n) is 11.5. The summed E-state index contributed by atoms with van der Waals surface area (Å²) in [6.45, 7) is 4.08. The number of anilines is 1. The van der Waals surface area contributed by atoms with Crippen LogP contribution in [0, 0.1) is 6.92 Å². The van der Waals surface area contributed by atoms with Gasteiger partial charge >= 0.3 is 0 Å². The first-order chi connectivity index (χ1) is 17.1. The van der Waals surface area contributed by atoms with Gasteiger partial charge < -0.3 is 15.0 Å². The molecule has 3 heterocycles. The molecule has 1 saturated heterocycles. The molecule has 1 fully saturated rings. The number of nitrogens with zero attached hydrogens (tertiary/aromatic N) is 3. The highest BCUT2D eigenvalue weighted by Gasteiger charge is 2.28. The molecule has 8 heteroatoms. The Morgan fingerprint density at radius 1 is 1.03 bits per heavy atom. The van der Waals surface area contributed by atoms with E-state index in [1.807, 2.05) is 73.8 Å². The third-order valence-electron chi connectivity index (χ3n) is 5.97. The number of benzene rings is 2. The van der Waals surface area contributed by atoms with Crippen molar-refractivity contribution in [2.45, 2.75) is 13.3 Å². The van der Waals surface area contributed by atoms with E-state index in [1.54, 1.807) is 15.8 Å². The number of ether oxygens (including phenoxy) is 1. The molecule has 35 heavy (non-hydrogen) atoms. The highest BCUT2D eigenvalue weighted by molar-refractivity contribution is 7.20. The second kappa shape index (κ2) is 10.2. The van der Waals surface area contributed by atoms with E-state index in [-0.39, 0.29) is 18.2 Å². The lowest BCUT2D eigenvalue weighted by Gasteiger charge is -2.27. The van der Waals surface area contributed by atoms with Crippen LogP contribution >= 0.6 is 11.3 Å². The van der Waals surface area contributed by atoms with Gasteiger partial charge in [-0.1, -0.05) is 48.5 Å². The molecule has 0 spiro atoms. The highest BCUT2D eigenvalue weighted by atomic mass is 32.1. The average molecular weight is 487 g/mol. The van der Waals surface area contributed by atoms with Gasteiger partial charge in [0.15, 0.2) is 0 Å². The van der Waals surface area contributed by atoms with Crippen LogP contribution in [0.3, 0.4) is 0 Å². The minimum absolute atomic E-state index is 0.0728. The number of carbonyl (C=O) groups excluding carboxylic acids is 2. The first kappa shape index (κ1) is 23.0. The van der Waals surface area contributed by atoms with E-state index in [9.17, 15) is 9.59 Å². The first-order valence-corrected chi connectivity index (χ1v) is 12.4. The van der Waals surface area contributed by atoms with Crippen molar-refractivity contribution in [2.24, 2.45) is 0 Å². The topological polar surface area (TPSA) is 76.5 Å². The fraction of sp³-hybridized carbons (Fsp3) is 0.222. The van der Waals surface area contributed by atoms with E-state index in [2.05, 4.69) is 10.4 Å². The van der Waals surface area contributed by atoms with Crippen LogP contribution in [0.15, 0.2) is 73.1 Å². The van der Waals surface area contributed by atoms with Crippen molar-refractivity contribution in [1.29, 1.82) is 0 Å². The average Bonchev–Trinajstić information content (AvgIpc) is 3.49. The molecule has 1 aliphatic heterocycles. The van der Waals surface area contributed by atoms with E-state index in [0.29, 0.717) is 36.9 Å². The Morgan fingerprint density at radius 2 is 1.71 bits per heavy atom. The zero-order valence-corrected chi connectivity index (χ0v) is 20.3. The summed E-state index contributed by atoms with van der Waals surface area (Å²) in [7, 11) is 0. The predicted molar refractivity (Wildman–Crippen MR) is 137 cm³/mol. The summed E-state index contributed by atoms with van der Waals surface area (Å²) in [4.78, 5) is 29.3. The van der Waals surface area contributed by atoms with Gasteiger partial charge in [0.2, 0.25) is 5.91 Å². The van der Waals surface area contributed by atoms with Crippen molar-refractivity contribution in [2.75, 3.05) is 31.6 Å². The second-order valence-corrected chi connectivity index (χ2v) is 9.41. The van der Waals surface area contributed by atoms with Crippen LogP contribution in [0.1, 0.15) is 21.5 Å². The van der Waals surface area contributed by atoms with Gasteiger partial charge in [-0.15, -0.1) is 11.3 Å². The number of nitrogens with one attached hydrogen (secondary N) is 1. The smallest absolute Gasteiger partial charge is 0.257 e. The zero-order valence-electron chi connectivity index (χ0n) is 19.4. The molecular formula is C27H26N4O3S. The third-order valence-corrected chi connectivity index (χ3v) is 7.23. The molecule has 1 aliphatic rings. The van der Waals surface area contributed by atoms with E-state index >= 15 is 0 Å². The van der Waals surface area contributed by atoms with E-state index < -0.39 is 0 Å². The molecule has 0 aliphatic carbocycles. The summed E-state index contributed by atoms with van der Waals surface area (Å²) in [5.41, 5.74) is 4.19. The number of hydrogen-bond acceptors (Lipinski definition) is 5. The summed E-state index contributed by atoms with van der Waals surface area (Å²) in [6.07, 6.45) is 3.71. The van der Waals surface area contributed by atoms with Gasteiger partial charge in [-0.2, -0.15) is 5.10 Å². The summed E-state index contributed by atoms with van der Waals surface area (Å²) >= 11 is 1.44. The van der Waals surface area contributed by atoms with Gasteiger partial charge in [0.1, 0.15) is 5.00 Å². The quantitative estimate of drug-likeness (QED) is 0.433.